The maximum absolute atomic E-state index is 6.53. The van der Waals surface area contributed by atoms with E-state index >= 15 is 0 Å². The summed E-state index contributed by atoms with van der Waals surface area (Å²) in [5.41, 5.74) is 12.6. The summed E-state index contributed by atoms with van der Waals surface area (Å²) in [7, 11) is 0. The molecule has 0 aliphatic heterocycles. The van der Waals surface area contributed by atoms with E-state index in [0.717, 1.165) is 46.9 Å². The van der Waals surface area contributed by atoms with Crippen LogP contribution in [0, 0.1) is 20.8 Å². The van der Waals surface area contributed by atoms with Gasteiger partial charge >= 0.3 is 0 Å². The highest BCUT2D eigenvalue weighted by Crippen LogP contribution is 2.37. The number of fused-ring (bicyclic) bond motifs is 3. The third kappa shape index (κ3) is 6.01. The monoisotopic (exact) mass is 632 g/mol. The van der Waals surface area contributed by atoms with E-state index in [1.165, 1.54) is 75.4 Å². The van der Waals surface area contributed by atoms with Crippen LogP contribution in [0.1, 0.15) is 67.3 Å². The summed E-state index contributed by atoms with van der Waals surface area (Å²) in [6.07, 6.45) is 13.0. The zero-order valence-electron chi connectivity index (χ0n) is 28.8. The Morgan fingerprint density at radius 2 is 1.42 bits per heavy atom. The number of hydrogen-bond acceptors (Lipinski definition) is 3. The second-order valence-electron chi connectivity index (χ2n) is 13.0. The van der Waals surface area contributed by atoms with E-state index in [9.17, 15) is 0 Å². The topological polar surface area (TPSA) is 44.9 Å². The van der Waals surface area contributed by atoms with Crippen LogP contribution in [-0.2, 0) is 12.8 Å². The molecule has 0 saturated carbocycles. The maximum atomic E-state index is 6.53. The number of nitrogens with zero attached hydrogens (tertiary/aromatic N) is 4. The molecule has 3 aromatic heterocycles. The minimum atomic E-state index is 0.763. The van der Waals surface area contributed by atoms with Crippen molar-refractivity contribution in [2.24, 2.45) is 0 Å². The molecule has 7 aromatic rings. The van der Waals surface area contributed by atoms with Crippen LogP contribution in [0.5, 0.6) is 11.5 Å². The SMILES string of the molecule is CCCCc1c(C)cc(C)c(CCCC)c1-c1cnn(-c2cccc(Oc3ccc4c5ccccc5n(-c5cc(C)ccn5)c4c3)c2)c1. The molecule has 0 unspecified atom stereocenters. The fraction of sp³-hybridized carbons (Fsp3) is 0.256. The molecule has 0 aliphatic carbocycles. The molecule has 3 heterocycles. The molecule has 7 rings (SSSR count). The lowest BCUT2D eigenvalue weighted by Crippen LogP contribution is -2.03. The molecule has 242 valence electrons. The van der Waals surface area contributed by atoms with Gasteiger partial charge in [0.05, 0.1) is 22.9 Å². The molecule has 0 aliphatic rings. The molecular formula is C43H44N4O. The maximum Gasteiger partial charge on any atom is 0.137 e. The Balaban J connectivity index is 1.24. The molecule has 0 bridgehead atoms. The minimum Gasteiger partial charge on any atom is -0.457 e. The molecule has 0 radical (unpaired) electrons. The van der Waals surface area contributed by atoms with Gasteiger partial charge in [-0.2, -0.15) is 5.10 Å². The molecule has 5 heteroatoms. The fourth-order valence-corrected chi connectivity index (χ4v) is 7.10. The summed E-state index contributed by atoms with van der Waals surface area (Å²) in [5.74, 6) is 2.43. The lowest BCUT2D eigenvalue weighted by Gasteiger charge is -2.19. The van der Waals surface area contributed by atoms with E-state index in [0.29, 0.717) is 0 Å². The van der Waals surface area contributed by atoms with Crippen LogP contribution in [0.4, 0.5) is 0 Å². The number of para-hydroxylation sites is 1. The number of aromatic nitrogens is 4. The van der Waals surface area contributed by atoms with Gasteiger partial charge in [0.1, 0.15) is 17.3 Å². The van der Waals surface area contributed by atoms with Gasteiger partial charge in [-0.1, -0.05) is 57.0 Å². The minimum absolute atomic E-state index is 0.763. The Labute approximate surface area is 283 Å². The summed E-state index contributed by atoms with van der Waals surface area (Å²) in [6.45, 7) is 11.2. The van der Waals surface area contributed by atoms with Crippen LogP contribution in [0.25, 0.3) is 44.4 Å². The molecule has 0 spiro atoms. The number of rotatable bonds is 11. The van der Waals surface area contributed by atoms with Gasteiger partial charge in [-0.15, -0.1) is 0 Å². The summed E-state index contributed by atoms with van der Waals surface area (Å²) >= 11 is 0. The van der Waals surface area contributed by atoms with Crippen LogP contribution in [-0.4, -0.2) is 19.3 Å². The Hall–Kier alpha value is -5.16. The zero-order chi connectivity index (χ0) is 33.2. The van der Waals surface area contributed by atoms with Crippen molar-refractivity contribution in [1.82, 2.24) is 19.3 Å². The van der Waals surface area contributed by atoms with Gasteiger partial charge in [0.25, 0.3) is 0 Å². The van der Waals surface area contributed by atoms with Crippen molar-refractivity contribution in [3.05, 3.63) is 131 Å². The first-order valence-electron chi connectivity index (χ1n) is 17.4. The number of unbranched alkanes of at least 4 members (excludes halogenated alkanes) is 2. The second kappa shape index (κ2) is 13.5. The van der Waals surface area contributed by atoms with E-state index in [4.69, 9.17) is 14.8 Å². The van der Waals surface area contributed by atoms with Gasteiger partial charge in [0.15, 0.2) is 0 Å². The lowest BCUT2D eigenvalue weighted by atomic mass is 9.85. The lowest BCUT2D eigenvalue weighted by molar-refractivity contribution is 0.483. The molecule has 0 fully saturated rings. The van der Waals surface area contributed by atoms with Crippen molar-refractivity contribution >= 4 is 21.8 Å². The summed E-state index contributed by atoms with van der Waals surface area (Å²) < 4.78 is 10.7. The highest BCUT2D eigenvalue weighted by molar-refractivity contribution is 6.09. The first-order valence-corrected chi connectivity index (χ1v) is 17.4. The van der Waals surface area contributed by atoms with E-state index in [-0.39, 0.29) is 0 Å². The first kappa shape index (κ1) is 31.4. The van der Waals surface area contributed by atoms with Crippen LogP contribution in [0.3, 0.4) is 0 Å². The van der Waals surface area contributed by atoms with Gasteiger partial charge in [0, 0.05) is 40.9 Å². The molecule has 48 heavy (non-hydrogen) atoms. The quantitative estimate of drug-likeness (QED) is 0.143. The van der Waals surface area contributed by atoms with E-state index in [2.05, 4.69) is 112 Å². The van der Waals surface area contributed by atoms with Gasteiger partial charge in [-0.3, -0.25) is 4.57 Å². The Bertz CT molecular complexity index is 2210. The highest BCUT2D eigenvalue weighted by Gasteiger charge is 2.18. The number of ether oxygens (including phenoxy) is 1. The molecule has 0 N–H and O–H groups in total. The van der Waals surface area contributed by atoms with Gasteiger partial charge in [-0.05, 0) is 122 Å². The van der Waals surface area contributed by atoms with Crippen LogP contribution < -0.4 is 4.74 Å². The predicted molar refractivity (Wildman–Crippen MR) is 199 cm³/mol. The zero-order valence-corrected chi connectivity index (χ0v) is 28.8. The summed E-state index contributed by atoms with van der Waals surface area (Å²) in [6, 6.07) is 29.5. The number of benzene rings is 4. The van der Waals surface area contributed by atoms with Crippen molar-refractivity contribution in [1.29, 1.82) is 0 Å². The van der Waals surface area contributed by atoms with Gasteiger partial charge in [-0.25, -0.2) is 9.67 Å². The van der Waals surface area contributed by atoms with Crippen LogP contribution >= 0.6 is 0 Å². The Morgan fingerprint density at radius 3 is 2.17 bits per heavy atom. The van der Waals surface area contributed by atoms with E-state index in [1.807, 2.05) is 35.3 Å². The van der Waals surface area contributed by atoms with Crippen molar-refractivity contribution in [2.75, 3.05) is 0 Å². The third-order valence-electron chi connectivity index (χ3n) is 9.51. The average molecular weight is 633 g/mol. The Kier molecular flexibility index (Phi) is 8.86. The van der Waals surface area contributed by atoms with Crippen LogP contribution in [0.15, 0.2) is 104 Å². The molecule has 5 nitrogen and oxygen atoms in total. The van der Waals surface area contributed by atoms with E-state index in [1.54, 1.807) is 0 Å². The molecule has 4 aromatic carbocycles. The average Bonchev–Trinajstić information content (AvgIpc) is 3.70. The normalized spacial score (nSPS) is 11.5. The van der Waals surface area contributed by atoms with Crippen LogP contribution in [0.2, 0.25) is 0 Å². The van der Waals surface area contributed by atoms with Crippen molar-refractivity contribution < 1.29 is 4.74 Å². The van der Waals surface area contributed by atoms with Crippen molar-refractivity contribution in [3.8, 4) is 34.1 Å². The molecule has 0 amide bonds. The van der Waals surface area contributed by atoms with E-state index < -0.39 is 0 Å². The highest BCUT2D eigenvalue weighted by atomic mass is 16.5. The molecular weight excluding hydrogens is 589 g/mol. The second-order valence-corrected chi connectivity index (χ2v) is 13.0. The van der Waals surface area contributed by atoms with Crippen molar-refractivity contribution in [2.45, 2.75) is 73.1 Å². The molecule has 0 saturated heterocycles. The summed E-state index contributed by atoms with van der Waals surface area (Å²) in [4.78, 5) is 4.73. The fourth-order valence-electron chi connectivity index (χ4n) is 7.10. The largest absolute Gasteiger partial charge is 0.457 e. The van der Waals surface area contributed by atoms with Crippen molar-refractivity contribution in [3.63, 3.8) is 0 Å². The third-order valence-corrected chi connectivity index (χ3v) is 9.51. The van der Waals surface area contributed by atoms with Gasteiger partial charge < -0.3 is 4.74 Å². The predicted octanol–water partition coefficient (Wildman–Crippen LogP) is 11.4. The molecule has 0 atom stereocenters. The number of aryl methyl sites for hydroxylation is 3. The van der Waals surface area contributed by atoms with Gasteiger partial charge in [0.2, 0.25) is 0 Å². The smallest absolute Gasteiger partial charge is 0.137 e. The number of pyridine rings is 1. The standard InChI is InChI=1S/C43H44N4O/c1-6-8-15-36-30(4)24-31(5)37(16-9-7-2)43(36)32-27-45-46(28-32)33-13-12-14-34(25-33)48-35-19-20-39-38-17-10-11-18-40(38)47(41(39)26-35)42-23-29(3)21-22-44-42/h10-14,17-28H,6-9,15-16H2,1-5H3. The number of hydrogen-bond donors (Lipinski definition) is 0. The Morgan fingerprint density at radius 1 is 0.688 bits per heavy atom. The first-order chi connectivity index (χ1) is 23.4. The summed E-state index contributed by atoms with van der Waals surface area (Å²) in [5, 5.41) is 7.24.